The van der Waals surface area contributed by atoms with Gasteiger partial charge >= 0.3 is 11.9 Å². The zero-order chi connectivity index (χ0) is 29.4. The molecule has 0 heterocycles. The summed E-state index contributed by atoms with van der Waals surface area (Å²) in [5.74, 6) is -0.600. The maximum Gasteiger partial charge on any atom is 0.306 e. The molecule has 0 saturated heterocycles. The van der Waals surface area contributed by atoms with Crippen LogP contribution in [0.1, 0.15) is 181 Å². The van der Waals surface area contributed by atoms with Gasteiger partial charge in [0.15, 0.2) is 6.10 Å². The van der Waals surface area contributed by atoms with Gasteiger partial charge in [-0.25, -0.2) is 0 Å². The lowest BCUT2D eigenvalue weighted by Gasteiger charge is -2.15. The van der Waals surface area contributed by atoms with Crippen LogP contribution in [-0.2, 0) is 19.1 Å². The monoisotopic (exact) mass is 566 g/mol. The minimum Gasteiger partial charge on any atom is -0.462 e. The predicted molar refractivity (Wildman–Crippen MR) is 168 cm³/mol. The Morgan fingerprint density at radius 2 is 0.925 bits per heavy atom. The molecule has 0 aromatic carbocycles. The molecule has 0 spiro atoms. The zero-order valence-electron chi connectivity index (χ0n) is 26.6. The number of allylic oxidation sites excluding steroid dienone is 2. The van der Waals surface area contributed by atoms with Crippen LogP contribution in [0.4, 0.5) is 0 Å². The SMILES string of the molecule is CCCCCCCC/C=C/CCCCCCC(=O)O[C@@H](CO)COC(=O)CCCCCCCCCCCCCC. The highest BCUT2D eigenvalue weighted by molar-refractivity contribution is 5.70. The van der Waals surface area contributed by atoms with E-state index in [1.807, 2.05) is 0 Å². The Kier molecular flexibility index (Phi) is 31.1. The van der Waals surface area contributed by atoms with Gasteiger partial charge in [0.05, 0.1) is 6.61 Å². The first kappa shape index (κ1) is 38.6. The molecule has 0 amide bonds. The Bertz CT molecular complexity index is 574. The minimum absolute atomic E-state index is 0.0651. The Balaban J connectivity index is 3.58. The van der Waals surface area contributed by atoms with Crippen molar-refractivity contribution in [2.75, 3.05) is 13.2 Å². The number of hydrogen-bond donors (Lipinski definition) is 1. The Hall–Kier alpha value is -1.36. The molecule has 5 heteroatoms. The number of hydrogen-bond acceptors (Lipinski definition) is 5. The molecule has 1 N–H and O–H groups in total. The summed E-state index contributed by atoms with van der Waals surface area (Å²) in [6.07, 6.45) is 34.0. The average Bonchev–Trinajstić information content (AvgIpc) is 2.96. The van der Waals surface area contributed by atoms with E-state index in [9.17, 15) is 14.7 Å². The number of carbonyl (C=O) groups is 2. The third-order valence-corrected chi connectivity index (χ3v) is 7.56. The topological polar surface area (TPSA) is 72.8 Å². The van der Waals surface area contributed by atoms with Gasteiger partial charge in [-0.3, -0.25) is 9.59 Å². The lowest BCUT2D eigenvalue weighted by Crippen LogP contribution is -2.28. The van der Waals surface area contributed by atoms with Crippen molar-refractivity contribution in [3.05, 3.63) is 12.2 Å². The number of aliphatic hydroxyl groups is 1. The van der Waals surface area contributed by atoms with Crippen molar-refractivity contribution in [2.45, 2.75) is 187 Å². The second kappa shape index (κ2) is 32.2. The summed E-state index contributed by atoms with van der Waals surface area (Å²) < 4.78 is 10.5. The van der Waals surface area contributed by atoms with E-state index < -0.39 is 6.10 Å². The number of carbonyl (C=O) groups excluding carboxylic acids is 2. The van der Waals surface area contributed by atoms with E-state index in [0.717, 1.165) is 51.4 Å². The molecule has 0 fully saturated rings. The molecule has 0 unspecified atom stereocenters. The fourth-order valence-electron chi connectivity index (χ4n) is 4.90. The number of unbranched alkanes of at least 4 members (excludes halogenated alkanes) is 21. The molecule has 40 heavy (non-hydrogen) atoms. The number of ether oxygens (including phenoxy) is 2. The van der Waals surface area contributed by atoms with Crippen molar-refractivity contribution < 1.29 is 24.2 Å². The predicted octanol–water partition coefficient (Wildman–Crippen LogP) is 10.2. The largest absolute Gasteiger partial charge is 0.462 e. The molecule has 236 valence electrons. The fraction of sp³-hybridized carbons (Fsp3) is 0.886. The summed E-state index contributed by atoms with van der Waals surface area (Å²) >= 11 is 0. The van der Waals surface area contributed by atoms with E-state index in [4.69, 9.17) is 9.47 Å². The van der Waals surface area contributed by atoms with Gasteiger partial charge in [0.2, 0.25) is 0 Å². The van der Waals surface area contributed by atoms with Gasteiger partial charge in [0.1, 0.15) is 6.61 Å². The van der Waals surface area contributed by atoms with Crippen LogP contribution < -0.4 is 0 Å². The van der Waals surface area contributed by atoms with Crippen LogP contribution in [0.15, 0.2) is 12.2 Å². The third kappa shape index (κ3) is 29.6. The highest BCUT2D eigenvalue weighted by atomic mass is 16.6. The molecule has 1 atom stereocenters. The first-order chi connectivity index (χ1) is 19.6. The first-order valence-electron chi connectivity index (χ1n) is 17.2. The van der Waals surface area contributed by atoms with Crippen LogP contribution in [0.5, 0.6) is 0 Å². The quantitative estimate of drug-likeness (QED) is 0.0513. The van der Waals surface area contributed by atoms with Gasteiger partial charge in [0, 0.05) is 12.8 Å². The normalized spacial score (nSPS) is 12.2. The molecule has 0 aliphatic carbocycles. The minimum atomic E-state index is -0.768. The van der Waals surface area contributed by atoms with Crippen molar-refractivity contribution in [1.82, 2.24) is 0 Å². The van der Waals surface area contributed by atoms with Crippen LogP contribution in [0.25, 0.3) is 0 Å². The molecule has 0 aromatic heterocycles. The van der Waals surface area contributed by atoms with Gasteiger partial charge < -0.3 is 14.6 Å². The number of rotatable bonds is 31. The van der Waals surface area contributed by atoms with E-state index in [2.05, 4.69) is 26.0 Å². The lowest BCUT2D eigenvalue weighted by molar-refractivity contribution is -0.161. The molecule has 0 rings (SSSR count). The standard InChI is InChI=1S/C35H66O5/c1-3-5-7-9-11-13-15-17-18-20-22-24-26-28-30-35(38)40-33(31-36)32-39-34(37)29-27-25-23-21-19-16-14-12-10-8-6-4-2/h17-18,33,36H,3-16,19-32H2,1-2H3/b18-17+/t33-/m0/s1. The van der Waals surface area contributed by atoms with E-state index in [1.54, 1.807) is 0 Å². The molecule has 0 radical (unpaired) electrons. The lowest BCUT2D eigenvalue weighted by atomic mass is 10.0. The number of aliphatic hydroxyl groups excluding tert-OH is 1. The van der Waals surface area contributed by atoms with Crippen LogP contribution in [-0.4, -0.2) is 36.4 Å². The molecular formula is C35H66O5. The summed E-state index contributed by atoms with van der Waals surface area (Å²) in [7, 11) is 0. The van der Waals surface area contributed by atoms with Gasteiger partial charge in [-0.2, -0.15) is 0 Å². The molecular weight excluding hydrogens is 500 g/mol. The summed E-state index contributed by atoms with van der Waals surface area (Å²) in [6, 6.07) is 0. The first-order valence-corrected chi connectivity index (χ1v) is 17.2. The molecule has 0 saturated carbocycles. The van der Waals surface area contributed by atoms with Crippen molar-refractivity contribution >= 4 is 11.9 Å². The smallest absolute Gasteiger partial charge is 0.306 e. The third-order valence-electron chi connectivity index (χ3n) is 7.56. The fourth-order valence-corrected chi connectivity index (χ4v) is 4.90. The van der Waals surface area contributed by atoms with E-state index >= 15 is 0 Å². The maximum absolute atomic E-state index is 12.1. The second-order valence-corrected chi connectivity index (χ2v) is 11.6. The Morgan fingerprint density at radius 1 is 0.550 bits per heavy atom. The Labute approximate surface area is 248 Å². The van der Waals surface area contributed by atoms with Crippen molar-refractivity contribution in [1.29, 1.82) is 0 Å². The van der Waals surface area contributed by atoms with E-state index in [0.29, 0.717) is 12.8 Å². The van der Waals surface area contributed by atoms with Crippen molar-refractivity contribution in [3.63, 3.8) is 0 Å². The van der Waals surface area contributed by atoms with Crippen molar-refractivity contribution in [3.8, 4) is 0 Å². The van der Waals surface area contributed by atoms with Gasteiger partial charge in [-0.15, -0.1) is 0 Å². The molecule has 0 bridgehead atoms. The highest BCUT2D eigenvalue weighted by Crippen LogP contribution is 2.13. The Morgan fingerprint density at radius 3 is 1.35 bits per heavy atom. The van der Waals surface area contributed by atoms with Crippen LogP contribution in [0, 0.1) is 0 Å². The van der Waals surface area contributed by atoms with Crippen LogP contribution in [0.2, 0.25) is 0 Å². The average molecular weight is 567 g/mol. The van der Waals surface area contributed by atoms with E-state index in [-0.39, 0.29) is 25.2 Å². The van der Waals surface area contributed by atoms with Gasteiger partial charge in [0.25, 0.3) is 0 Å². The summed E-state index contributed by atoms with van der Waals surface area (Å²) in [5, 5.41) is 9.50. The van der Waals surface area contributed by atoms with Gasteiger partial charge in [-0.1, -0.05) is 142 Å². The highest BCUT2D eigenvalue weighted by Gasteiger charge is 2.16. The zero-order valence-corrected chi connectivity index (χ0v) is 26.6. The molecule has 0 aromatic rings. The summed E-state index contributed by atoms with van der Waals surface area (Å²) in [6.45, 7) is 4.11. The van der Waals surface area contributed by atoms with Crippen LogP contribution in [0.3, 0.4) is 0 Å². The molecule has 5 nitrogen and oxygen atoms in total. The molecule has 0 aliphatic rings. The number of esters is 2. The molecule has 0 aliphatic heterocycles. The van der Waals surface area contributed by atoms with Crippen molar-refractivity contribution in [2.24, 2.45) is 0 Å². The van der Waals surface area contributed by atoms with E-state index in [1.165, 1.54) is 103 Å². The second-order valence-electron chi connectivity index (χ2n) is 11.6. The summed E-state index contributed by atoms with van der Waals surface area (Å²) in [4.78, 5) is 24.1. The van der Waals surface area contributed by atoms with Crippen LogP contribution >= 0.6 is 0 Å². The van der Waals surface area contributed by atoms with Gasteiger partial charge in [-0.05, 0) is 38.5 Å². The summed E-state index contributed by atoms with van der Waals surface area (Å²) in [5.41, 5.74) is 0. The maximum atomic E-state index is 12.1.